The monoisotopic (exact) mass is 275 g/mol. The lowest BCUT2D eigenvalue weighted by molar-refractivity contribution is 1.00. The molecule has 3 aromatic rings. The molecule has 21 heavy (non-hydrogen) atoms. The van der Waals surface area contributed by atoms with Gasteiger partial charge in [0.2, 0.25) is 5.95 Å². The van der Waals surface area contributed by atoms with Crippen molar-refractivity contribution in [2.24, 2.45) is 0 Å². The maximum Gasteiger partial charge on any atom is 0.229 e. The zero-order valence-corrected chi connectivity index (χ0v) is 11.3. The summed E-state index contributed by atoms with van der Waals surface area (Å²) in [6.07, 6.45) is 1.67. The van der Waals surface area contributed by atoms with E-state index in [0.717, 1.165) is 11.3 Å². The van der Waals surface area contributed by atoms with Crippen LogP contribution in [0.15, 0.2) is 60.9 Å². The zero-order chi connectivity index (χ0) is 14.5. The summed E-state index contributed by atoms with van der Waals surface area (Å²) in [6, 6.07) is 19.5. The first-order chi connectivity index (χ1) is 10.4. The summed E-state index contributed by atoms with van der Waals surface area (Å²) in [6.45, 7) is 0.584. The fourth-order valence-electron chi connectivity index (χ4n) is 2.07. The Morgan fingerprint density at radius 2 is 1.95 bits per heavy atom. The van der Waals surface area contributed by atoms with E-state index in [0.29, 0.717) is 18.1 Å². The molecule has 0 unspecified atom stereocenters. The summed E-state index contributed by atoms with van der Waals surface area (Å²) < 4.78 is 1.88. The van der Waals surface area contributed by atoms with Crippen LogP contribution in [-0.2, 0) is 6.54 Å². The van der Waals surface area contributed by atoms with Gasteiger partial charge >= 0.3 is 0 Å². The molecule has 0 bridgehead atoms. The number of nitrogens with zero attached hydrogens (tertiary/aromatic N) is 4. The number of nitriles is 1. The minimum Gasteiger partial charge on any atom is -0.350 e. The molecule has 0 saturated carbocycles. The second-order valence-electron chi connectivity index (χ2n) is 4.53. The average molecular weight is 275 g/mol. The lowest BCUT2D eigenvalue weighted by atomic mass is 10.1. The topological polar surface area (TPSA) is 66.5 Å². The van der Waals surface area contributed by atoms with Crippen molar-refractivity contribution in [3.05, 3.63) is 72.1 Å². The maximum atomic E-state index is 8.91. The number of benzene rings is 2. The van der Waals surface area contributed by atoms with E-state index >= 15 is 0 Å². The second kappa shape index (κ2) is 5.88. The highest BCUT2D eigenvalue weighted by atomic mass is 15.3. The third-order valence-electron chi connectivity index (χ3n) is 3.09. The molecule has 0 aliphatic heterocycles. The van der Waals surface area contributed by atoms with Crippen LogP contribution in [0.25, 0.3) is 5.69 Å². The van der Waals surface area contributed by atoms with Crippen molar-refractivity contribution in [1.29, 1.82) is 5.26 Å². The summed E-state index contributed by atoms with van der Waals surface area (Å²) in [4.78, 5) is 0. The van der Waals surface area contributed by atoms with E-state index in [4.69, 9.17) is 5.26 Å². The van der Waals surface area contributed by atoms with Gasteiger partial charge in [-0.2, -0.15) is 5.26 Å². The number of rotatable bonds is 4. The largest absolute Gasteiger partial charge is 0.350 e. The van der Waals surface area contributed by atoms with E-state index in [-0.39, 0.29) is 0 Å². The van der Waals surface area contributed by atoms with Gasteiger partial charge in [0.25, 0.3) is 0 Å². The van der Waals surface area contributed by atoms with Gasteiger partial charge in [-0.15, -0.1) is 10.2 Å². The van der Waals surface area contributed by atoms with E-state index in [1.165, 1.54) is 0 Å². The number of anilines is 1. The number of hydrogen-bond donors (Lipinski definition) is 1. The van der Waals surface area contributed by atoms with Gasteiger partial charge < -0.3 is 5.32 Å². The summed E-state index contributed by atoms with van der Waals surface area (Å²) in [5.41, 5.74) is 2.67. The second-order valence-corrected chi connectivity index (χ2v) is 4.53. The van der Waals surface area contributed by atoms with Crippen molar-refractivity contribution in [3.8, 4) is 11.8 Å². The predicted octanol–water partition coefficient (Wildman–Crippen LogP) is 2.75. The lowest BCUT2D eigenvalue weighted by Crippen LogP contribution is -2.06. The van der Waals surface area contributed by atoms with Crippen molar-refractivity contribution < 1.29 is 0 Å². The number of aromatic nitrogens is 3. The molecule has 0 aliphatic rings. The Balaban J connectivity index is 1.78. The van der Waals surface area contributed by atoms with Crippen molar-refractivity contribution in [2.45, 2.75) is 6.54 Å². The molecule has 0 saturated heterocycles. The van der Waals surface area contributed by atoms with Gasteiger partial charge in [0.1, 0.15) is 6.33 Å². The summed E-state index contributed by atoms with van der Waals surface area (Å²) in [7, 11) is 0. The van der Waals surface area contributed by atoms with Crippen LogP contribution in [0.4, 0.5) is 5.95 Å². The Morgan fingerprint density at radius 1 is 1.10 bits per heavy atom. The minimum absolute atomic E-state index is 0.584. The number of nitrogens with one attached hydrogen (secondary N) is 1. The van der Waals surface area contributed by atoms with Gasteiger partial charge in [0, 0.05) is 6.54 Å². The van der Waals surface area contributed by atoms with Crippen LogP contribution in [0, 0.1) is 11.3 Å². The summed E-state index contributed by atoms with van der Waals surface area (Å²) >= 11 is 0. The van der Waals surface area contributed by atoms with Crippen LogP contribution in [0.3, 0.4) is 0 Å². The summed E-state index contributed by atoms with van der Waals surface area (Å²) in [5.74, 6) is 0.670. The first-order valence-corrected chi connectivity index (χ1v) is 6.55. The van der Waals surface area contributed by atoms with Crippen LogP contribution in [0.1, 0.15) is 11.1 Å². The van der Waals surface area contributed by atoms with E-state index < -0.39 is 0 Å². The van der Waals surface area contributed by atoms with Gasteiger partial charge in [0.15, 0.2) is 0 Å². The van der Waals surface area contributed by atoms with E-state index in [1.54, 1.807) is 12.4 Å². The molecule has 0 atom stereocenters. The van der Waals surface area contributed by atoms with Crippen molar-refractivity contribution >= 4 is 5.95 Å². The standard InChI is InChI=1S/C16H13N5/c17-10-13-5-4-6-14(9-13)11-18-16-20-19-12-21(16)15-7-2-1-3-8-15/h1-9,12H,11H2,(H,18,20). The normalized spacial score (nSPS) is 10.0. The molecular formula is C16H13N5. The van der Waals surface area contributed by atoms with Crippen molar-refractivity contribution in [2.75, 3.05) is 5.32 Å². The molecule has 0 fully saturated rings. The highest BCUT2D eigenvalue weighted by Crippen LogP contribution is 2.14. The Morgan fingerprint density at radius 3 is 2.76 bits per heavy atom. The molecule has 0 aliphatic carbocycles. The van der Waals surface area contributed by atoms with Crippen molar-refractivity contribution in [3.63, 3.8) is 0 Å². The number of para-hydroxylation sites is 1. The molecule has 102 valence electrons. The van der Waals surface area contributed by atoms with Crippen molar-refractivity contribution in [1.82, 2.24) is 14.8 Å². The Labute approximate surface area is 122 Å². The molecule has 0 amide bonds. The molecule has 1 N–H and O–H groups in total. The van der Waals surface area contributed by atoms with E-state index in [9.17, 15) is 0 Å². The fourth-order valence-corrected chi connectivity index (χ4v) is 2.07. The molecule has 0 radical (unpaired) electrons. The van der Waals surface area contributed by atoms with E-state index in [1.807, 2.05) is 53.1 Å². The highest BCUT2D eigenvalue weighted by molar-refractivity contribution is 5.41. The first-order valence-electron chi connectivity index (χ1n) is 6.55. The Bertz CT molecular complexity index is 771. The highest BCUT2D eigenvalue weighted by Gasteiger charge is 2.05. The van der Waals surface area contributed by atoms with Crippen LogP contribution in [0.5, 0.6) is 0 Å². The molecular weight excluding hydrogens is 262 g/mol. The van der Waals surface area contributed by atoms with Gasteiger partial charge in [-0.1, -0.05) is 30.3 Å². The fraction of sp³-hybridized carbons (Fsp3) is 0.0625. The van der Waals surface area contributed by atoms with Gasteiger partial charge in [0.05, 0.1) is 17.3 Å². The summed E-state index contributed by atoms with van der Waals surface area (Å²) in [5, 5.41) is 20.2. The smallest absolute Gasteiger partial charge is 0.229 e. The maximum absolute atomic E-state index is 8.91. The molecule has 3 rings (SSSR count). The van der Waals surface area contributed by atoms with Gasteiger partial charge in [-0.25, -0.2) is 0 Å². The molecule has 5 nitrogen and oxygen atoms in total. The van der Waals surface area contributed by atoms with Crippen LogP contribution < -0.4 is 5.32 Å². The average Bonchev–Trinajstić information content (AvgIpc) is 3.02. The Kier molecular flexibility index (Phi) is 3.61. The Hall–Kier alpha value is -3.13. The third kappa shape index (κ3) is 2.90. The predicted molar refractivity (Wildman–Crippen MR) is 79.8 cm³/mol. The van der Waals surface area contributed by atoms with Crippen LogP contribution in [0.2, 0.25) is 0 Å². The SMILES string of the molecule is N#Cc1cccc(CNc2nncn2-c2ccccc2)c1. The van der Waals surface area contributed by atoms with Crippen LogP contribution in [-0.4, -0.2) is 14.8 Å². The molecule has 0 spiro atoms. The van der Waals surface area contributed by atoms with Gasteiger partial charge in [-0.3, -0.25) is 4.57 Å². The zero-order valence-electron chi connectivity index (χ0n) is 11.3. The molecule has 1 heterocycles. The van der Waals surface area contributed by atoms with Crippen LogP contribution >= 0.6 is 0 Å². The minimum atomic E-state index is 0.584. The number of hydrogen-bond acceptors (Lipinski definition) is 4. The third-order valence-corrected chi connectivity index (χ3v) is 3.09. The first kappa shape index (κ1) is 12.9. The quantitative estimate of drug-likeness (QED) is 0.795. The molecule has 2 aromatic carbocycles. The molecule has 5 heteroatoms. The van der Waals surface area contributed by atoms with E-state index in [2.05, 4.69) is 21.6 Å². The van der Waals surface area contributed by atoms with Gasteiger partial charge in [-0.05, 0) is 29.8 Å². The molecule has 1 aromatic heterocycles. The lowest BCUT2D eigenvalue weighted by Gasteiger charge is -2.08.